The maximum absolute atomic E-state index is 14.0. The number of para-hydroxylation sites is 1. The minimum Gasteiger partial charge on any atom is -0.493 e. The lowest BCUT2D eigenvalue weighted by atomic mass is 9.94. The predicted molar refractivity (Wildman–Crippen MR) is 149 cm³/mol. The molecule has 11 heteroatoms. The zero-order chi connectivity index (χ0) is 28.8. The fourth-order valence-corrected chi connectivity index (χ4v) is 5.49. The van der Waals surface area contributed by atoms with Gasteiger partial charge in [-0.05, 0) is 50.6 Å². The SMILES string of the molecule is CCOC(=O)C1=C(C)N=c2s/c(=C/c3ccc(OCC#N)c(OC)c3)c(=O)n2[C@@H]1c1cccc(OC)c1OCC. The normalized spacial score (nSPS) is 14.6. The van der Waals surface area contributed by atoms with Crippen molar-refractivity contribution in [2.24, 2.45) is 4.99 Å². The van der Waals surface area contributed by atoms with E-state index in [4.69, 9.17) is 28.9 Å². The van der Waals surface area contributed by atoms with E-state index in [1.165, 1.54) is 30.1 Å². The van der Waals surface area contributed by atoms with Crippen LogP contribution in [0.3, 0.4) is 0 Å². The molecule has 4 rings (SSSR count). The molecule has 2 heterocycles. The highest BCUT2D eigenvalue weighted by Crippen LogP contribution is 2.40. The third kappa shape index (κ3) is 5.44. The molecule has 1 aromatic heterocycles. The molecular weight excluding hydrogens is 534 g/mol. The van der Waals surface area contributed by atoms with Gasteiger partial charge in [0.05, 0.1) is 43.2 Å². The number of nitrogens with zero attached hydrogens (tertiary/aromatic N) is 3. The number of rotatable bonds is 10. The van der Waals surface area contributed by atoms with E-state index >= 15 is 0 Å². The zero-order valence-corrected chi connectivity index (χ0v) is 23.7. The molecule has 208 valence electrons. The Labute approximate surface area is 235 Å². The summed E-state index contributed by atoms with van der Waals surface area (Å²) in [6.45, 7) is 5.69. The Morgan fingerprint density at radius 2 is 1.88 bits per heavy atom. The Hall–Kier alpha value is -4.56. The Balaban J connectivity index is 1.95. The summed E-state index contributed by atoms with van der Waals surface area (Å²) in [7, 11) is 3.03. The maximum atomic E-state index is 14.0. The van der Waals surface area contributed by atoms with Gasteiger partial charge in [-0.25, -0.2) is 9.79 Å². The van der Waals surface area contributed by atoms with Crippen LogP contribution in [0.5, 0.6) is 23.0 Å². The van der Waals surface area contributed by atoms with E-state index in [1.807, 2.05) is 13.0 Å². The Morgan fingerprint density at radius 1 is 1.10 bits per heavy atom. The smallest absolute Gasteiger partial charge is 0.338 e. The van der Waals surface area contributed by atoms with E-state index in [-0.39, 0.29) is 24.3 Å². The summed E-state index contributed by atoms with van der Waals surface area (Å²) in [6.07, 6.45) is 1.72. The predicted octanol–water partition coefficient (Wildman–Crippen LogP) is 3.12. The lowest BCUT2D eigenvalue weighted by Gasteiger charge is -2.26. The van der Waals surface area contributed by atoms with Gasteiger partial charge in [0.2, 0.25) is 0 Å². The maximum Gasteiger partial charge on any atom is 0.338 e. The first-order chi connectivity index (χ1) is 19.4. The Kier molecular flexibility index (Phi) is 8.91. The summed E-state index contributed by atoms with van der Waals surface area (Å²) in [5, 5.41) is 8.82. The molecule has 1 atom stereocenters. The zero-order valence-electron chi connectivity index (χ0n) is 22.8. The van der Waals surface area contributed by atoms with Gasteiger partial charge in [-0.1, -0.05) is 29.5 Å². The van der Waals surface area contributed by atoms with Crippen molar-refractivity contribution in [2.75, 3.05) is 34.0 Å². The monoisotopic (exact) mass is 563 g/mol. The molecule has 1 aliphatic rings. The van der Waals surface area contributed by atoms with Crippen molar-refractivity contribution in [3.05, 3.63) is 78.5 Å². The molecule has 0 fully saturated rings. The van der Waals surface area contributed by atoms with E-state index < -0.39 is 12.0 Å². The van der Waals surface area contributed by atoms with Crippen LogP contribution in [0.15, 0.2) is 57.5 Å². The van der Waals surface area contributed by atoms with Gasteiger partial charge in [0.15, 0.2) is 34.4 Å². The number of allylic oxidation sites excluding steroid dienone is 1. The number of hydrogen-bond donors (Lipinski definition) is 0. The highest BCUT2D eigenvalue weighted by molar-refractivity contribution is 7.07. The number of fused-ring (bicyclic) bond motifs is 1. The number of methoxy groups -OCH3 is 2. The first-order valence-corrected chi connectivity index (χ1v) is 13.4. The number of hydrogen-bond acceptors (Lipinski definition) is 10. The lowest BCUT2D eigenvalue weighted by molar-refractivity contribution is -0.139. The van der Waals surface area contributed by atoms with Crippen LogP contribution in [0.25, 0.3) is 6.08 Å². The van der Waals surface area contributed by atoms with Crippen LogP contribution < -0.4 is 33.8 Å². The minimum atomic E-state index is -0.856. The third-order valence-electron chi connectivity index (χ3n) is 6.11. The van der Waals surface area contributed by atoms with E-state index in [0.717, 1.165) is 0 Å². The third-order valence-corrected chi connectivity index (χ3v) is 7.09. The van der Waals surface area contributed by atoms with Crippen LogP contribution in [0.1, 0.15) is 37.9 Å². The molecule has 0 aliphatic carbocycles. The number of ether oxygens (including phenoxy) is 5. The number of aromatic nitrogens is 1. The standard InChI is InChI=1S/C29H29N3O7S/c1-6-37-26-19(9-8-10-21(26)35-4)25-24(28(34)38-7-2)17(3)31-29-32(25)27(33)23(40-29)16-18-11-12-20(39-14-13-30)22(15-18)36-5/h8-12,15-16,25H,6-7,14H2,1-5H3/b23-16+/t25-/m1/s1. The topological polar surface area (TPSA) is 121 Å². The quantitative estimate of drug-likeness (QED) is 0.345. The number of benzene rings is 2. The number of thiazole rings is 1. The van der Waals surface area contributed by atoms with Crippen LogP contribution in [-0.4, -0.2) is 44.6 Å². The molecule has 2 aromatic carbocycles. The van der Waals surface area contributed by atoms with Crippen LogP contribution >= 0.6 is 11.3 Å². The summed E-state index contributed by atoms with van der Waals surface area (Å²) < 4.78 is 29.6. The number of carbonyl (C=O) groups excluding carboxylic acids is 1. The van der Waals surface area contributed by atoms with Crippen molar-refractivity contribution in [1.82, 2.24) is 4.57 Å². The Bertz CT molecular complexity index is 1680. The second-order valence-corrected chi connectivity index (χ2v) is 9.48. The highest BCUT2D eigenvalue weighted by atomic mass is 32.1. The van der Waals surface area contributed by atoms with Gasteiger partial charge in [-0.15, -0.1) is 0 Å². The second-order valence-electron chi connectivity index (χ2n) is 8.47. The van der Waals surface area contributed by atoms with Gasteiger partial charge in [-0.2, -0.15) is 5.26 Å². The number of carbonyl (C=O) groups is 1. The number of nitriles is 1. The van der Waals surface area contributed by atoms with Crippen LogP contribution in [0, 0.1) is 11.3 Å². The summed E-state index contributed by atoms with van der Waals surface area (Å²) >= 11 is 1.20. The van der Waals surface area contributed by atoms with E-state index in [9.17, 15) is 9.59 Å². The lowest BCUT2D eigenvalue weighted by Crippen LogP contribution is -2.40. The highest BCUT2D eigenvalue weighted by Gasteiger charge is 2.36. The van der Waals surface area contributed by atoms with Gasteiger partial charge in [0, 0.05) is 5.56 Å². The molecule has 10 nitrogen and oxygen atoms in total. The molecule has 0 bridgehead atoms. The molecule has 0 saturated carbocycles. The molecule has 1 aliphatic heterocycles. The van der Waals surface area contributed by atoms with Crippen molar-refractivity contribution in [3.63, 3.8) is 0 Å². The van der Waals surface area contributed by atoms with Gasteiger partial charge >= 0.3 is 5.97 Å². The Morgan fingerprint density at radius 3 is 2.55 bits per heavy atom. The summed E-state index contributed by atoms with van der Waals surface area (Å²) in [6, 6.07) is 11.6. The van der Waals surface area contributed by atoms with Crippen molar-refractivity contribution in [2.45, 2.75) is 26.8 Å². The molecule has 0 spiro atoms. The van der Waals surface area contributed by atoms with Crippen molar-refractivity contribution < 1.29 is 28.5 Å². The van der Waals surface area contributed by atoms with Gasteiger partial charge in [0.1, 0.15) is 12.1 Å². The van der Waals surface area contributed by atoms with Crippen LogP contribution in [0.2, 0.25) is 0 Å². The summed E-state index contributed by atoms with van der Waals surface area (Å²) in [5.74, 6) is 1.18. The second kappa shape index (κ2) is 12.5. The molecule has 40 heavy (non-hydrogen) atoms. The molecular formula is C29H29N3O7S. The van der Waals surface area contributed by atoms with Gasteiger partial charge < -0.3 is 23.7 Å². The van der Waals surface area contributed by atoms with E-state index in [1.54, 1.807) is 56.3 Å². The van der Waals surface area contributed by atoms with E-state index in [2.05, 4.69) is 4.99 Å². The molecule has 3 aromatic rings. The molecule has 0 N–H and O–H groups in total. The van der Waals surface area contributed by atoms with E-state index in [0.29, 0.717) is 55.8 Å². The molecule has 0 amide bonds. The number of esters is 1. The molecule has 0 unspecified atom stereocenters. The van der Waals surface area contributed by atoms with Crippen molar-refractivity contribution in [3.8, 4) is 29.1 Å². The van der Waals surface area contributed by atoms with Gasteiger partial charge in [0.25, 0.3) is 5.56 Å². The fraction of sp³-hybridized carbons (Fsp3) is 0.310. The van der Waals surface area contributed by atoms with Crippen LogP contribution in [0.4, 0.5) is 0 Å². The van der Waals surface area contributed by atoms with Crippen molar-refractivity contribution in [1.29, 1.82) is 5.26 Å². The molecule has 0 radical (unpaired) electrons. The van der Waals surface area contributed by atoms with Gasteiger partial charge in [-0.3, -0.25) is 9.36 Å². The summed E-state index contributed by atoms with van der Waals surface area (Å²) in [4.78, 5) is 32.2. The molecule has 0 saturated heterocycles. The first kappa shape index (κ1) is 28.4. The average Bonchev–Trinajstić information content (AvgIpc) is 3.25. The largest absolute Gasteiger partial charge is 0.493 e. The minimum absolute atomic E-state index is 0.121. The fourth-order valence-electron chi connectivity index (χ4n) is 4.45. The van der Waals surface area contributed by atoms with Crippen molar-refractivity contribution >= 4 is 23.4 Å². The summed E-state index contributed by atoms with van der Waals surface area (Å²) in [5.41, 5.74) is 1.61. The van der Waals surface area contributed by atoms with Crippen LogP contribution in [-0.2, 0) is 9.53 Å². The first-order valence-electron chi connectivity index (χ1n) is 12.6. The average molecular weight is 564 g/mol.